The topological polar surface area (TPSA) is 86.3 Å². The first-order chi connectivity index (χ1) is 12.1. The lowest BCUT2D eigenvalue weighted by Crippen LogP contribution is -2.18. The normalized spacial score (nSPS) is 11.4. The van der Waals surface area contributed by atoms with Gasteiger partial charge in [0.05, 0.1) is 6.04 Å². The van der Waals surface area contributed by atoms with Crippen LogP contribution in [0.5, 0.6) is 0 Å². The molecule has 3 rings (SSSR count). The number of hydrogen-bond acceptors (Lipinski definition) is 7. The Morgan fingerprint density at radius 2 is 1.96 bits per heavy atom. The van der Waals surface area contributed by atoms with E-state index in [0.29, 0.717) is 6.54 Å². The predicted octanol–water partition coefficient (Wildman–Crippen LogP) is 1.93. The van der Waals surface area contributed by atoms with Gasteiger partial charge in [0.1, 0.15) is 11.4 Å². The maximum absolute atomic E-state index is 4.66. The molecular weight excluding hydrogens is 336 g/mol. The molecule has 2 heterocycles. The zero-order valence-corrected chi connectivity index (χ0v) is 15.4. The average molecular weight is 358 g/mol. The van der Waals surface area contributed by atoms with E-state index in [1.807, 2.05) is 25.2 Å². The SMILES string of the molecule is CC(C)n1nc(CNCCSc2nnnn2C)c(-c2ccccc2)n1. The van der Waals surface area contributed by atoms with E-state index in [2.05, 4.69) is 57.0 Å². The van der Waals surface area contributed by atoms with Gasteiger partial charge in [-0.3, -0.25) is 0 Å². The first-order valence-electron chi connectivity index (χ1n) is 8.22. The number of nitrogens with zero attached hydrogens (tertiary/aromatic N) is 7. The number of thioether (sulfide) groups is 1. The lowest BCUT2D eigenvalue weighted by molar-refractivity contribution is 0.462. The fourth-order valence-corrected chi connectivity index (χ4v) is 3.04. The summed E-state index contributed by atoms with van der Waals surface area (Å²) in [6, 6.07) is 10.4. The van der Waals surface area contributed by atoms with Crippen molar-refractivity contribution in [3.05, 3.63) is 36.0 Å². The monoisotopic (exact) mass is 358 g/mol. The van der Waals surface area contributed by atoms with Gasteiger partial charge < -0.3 is 5.32 Å². The molecule has 0 aliphatic carbocycles. The van der Waals surface area contributed by atoms with Gasteiger partial charge in [-0.2, -0.15) is 15.0 Å². The lowest BCUT2D eigenvalue weighted by Gasteiger charge is -2.04. The van der Waals surface area contributed by atoms with E-state index >= 15 is 0 Å². The van der Waals surface area contributed by atoms with Gasteiger partial charge >= 0.3 is 0 Å². The minimum absolute atomic E-state index is 0.232. The highest BCUT2D eigenvalue weighted by Gasteiger charge is 2.14. The molecule has 132 valence electrons. The highest BCUT2D eigenvalue weighted by Crippen LogP contribution is 2.21. The van der Waals surface area contributed by atoms with Gasteiger partial charge in [0, 0.05) is 31.5 Å². The zero-order chi connectivity index (χ0) is 17.6. The summed E-state index contributed by atoms with van der Waals surface area (Å²) in [6.07, 6.45) is 0. The van der Waals surface area contributed by atoms with Crippen LogP contribution in [0.25, 0.3) is 11.3 Å². The molecule has 9 heteroatoms. The van der Waals surface area contributed by atoms with Crippen molar-refractivity contribution < 1.29 is 0 Å². The smallest absolute Gasteiger partial charge is 0.209 e. The second-order valence-electron chi connectivity index (χ2n) is 5.89. The molecule has 25 heavy (non-hydrogen) atoms. The minimum Gasteiger partial charge on any atom is -0.310 e. The molecule has 0 unspecified atom stereocenters. The van der Waals surface area contributed by atoms with E-state index in [-0.39, 0.29) is 6.04 Å². The largest absolute Gasteiger partial charge is 0.310 e. The Bertz CT molecular complexity index is 796. The Morgan fingerprint density at radius 1 is 1.16 bits per heavy atom. The van der Waals surface area contributed by atoms with Crippen molar-refractivity contribution in [2.45, 2.75) is 31.6 Å². The molecule has 0 aliphatic rings. The van der Waals surface area contributed by atoms with Crippen molar-refractivity contribution in [2.24, 2.45) is 7.05 Å². The molecule has 0 radical (unpaired) electrons. The fourth-order valence-electron chi connectivity index (χ4n) is 2.29. The van der Waals surface area contributed by atoms with Gasteiger partial charge in [0.15, 0.2) is 0 Å². The molecule has 8 nitrogen and oxygen atoms in total. The highest BCUT2D eigenvalue weighted by molar-refractivity contribution is 7.99. The maximum atomic E-state index is 4.66. The van der Waals surface area contributed by atoms with E-state index in [9.17, 15) is 0 Å². The predicted molar refractivity (Wildman–Crippen MR) is 97.1 cm³/mol. The molecule has 2 aromatic heterocycles. The summed E-state index contributed by atoms with van der Waals surface area (Å²) in [4.78, 5) is 1.78. The van der Waals surface area contributed by atoms with E-state index < -0.39 is 0 Å². The number of rotatable bonds is 8. The second kappa shape index (κ2) is 8.21. The molecule has 1 N–H and O–H groups in total. The summed E-state index contributed by atoms with van der Waals surface area (Å²) in [7, 11) is 1.84. The molecule has 0 saturated heterocycles. The number of hydrogen-bond donors (Lipinski definition) is 1. The average Bonchev–Trinajstić information content (AvgIpc) is 3.22. The third-order valence-electron chi connectivity index (χ3n) is 3.59. The first-order valence-corrected chi connectivity index (χ1v) is 9.20. The summed E-state index contributed by atoms with van der Waals surface area (Å²) in [5.41, 5.74) is 2.99. The van der Waals surface area contributed by atoms with Crippen LogP contribution >= 0.6 is 11.8 Å². The van der Waals surface area contributed by atoms with Crippen molar-refractivity contribution in [2.75, 3.05) is 12.3 Å². The third kappa shape index (κ3) is 4.43. The van der Waals surface area contributed by atoms with Gasteiger partial charge in [0.2, 0.25) is 5.16 Å². The number of aryl methyl sites for hydroxylation is 1. The number of tetrazole rings is 1. The number of aromatic nitrogens is 7. The van der Waals surface area contributed by atoms with Crippen LogP contribution in [0.2, 0.25) is 0 Å². The Kier molecular flexibility index (Phi) is 5.77. The molecule has 0 fully saturated rings. The van der Waals surface area contributed by atoms with Crippen molar-refractivity contribution in [3.63, 3.8) is 0 Å². The first kappa shape index (κ1) is 17.6. The number of nitrogens with one attached hydrogen (secondary N) is 1. The van der Waals surface area contributed by atoms with Crippen LogP contribution in [0.4, 0.5) is 0 Å². The summed E-state index contributed by atoms with van der Waals surface area (Å²) in [6.45, 7) is 5.67. The second-order valence-corrected chi connectivity index (χ2v) is 6.95. The van der Waals surface area contributed by atoms with Crippen LogP contribution in [0, 0.1) is 0 Å². The van der Waals surface area contributed by atoms with E-state index in [1.54, 1.807) is 21.2 Å². The van der Waals surface area contributed by atoms with Crippen LogP contribution in [-0.4, -0.2) is 47.5 Å². The standard InChI is InChI=1S/C16H22N8S/c1-12(2)24-19-14(15(20-24)13-7-5-4-6-8-13)11-17-9-10-25-16-18-21-22-23(16)3/h4-8,12,17H,9-11H2,1-3H3. The van der Waals surface area contributed by atoms with E-state index in [0.717, 1.165) is 34.4 Å². The Hall–Kier alpha value is -2.26. The maximum Gasteiger partial charge on any atom is 0.209 e. The summed E-state index contributed by atoms with van der Waals surface area (Å²) in [5.74, 6) is 0.882. The molecule has 0 spiro atoms. The zero-order valence-electron chi connectivity index (χ0n) is 14.6. The van der Waals surface area contributed by atoms with Crippen LogP contribution in [0.1, 0.15) is 25.6 Å². The molecule has 0 saturated carbocycles. The summed E-state index contributed by atoms with van der Waals surface area (Å²) in [5, 5.41) is 25.0. The lowest BCUT2D eigenvalue weighted by atomic mass is 10.1. The fraction of sp³-hybridized carbons (Fsp3) is 0.438. The van der Waals surface area contributed by atoms with E-state index in [4.69, 9.17) is 0 Å². The van der Waals surface area contributed by atoms with Crippen molar-refractivity contribution >= 4 is 11.8 Å². The summed E-state index contributed by atoms with van der Waals surface area (Å²) < 4.78 is 1.67. The van der Waals surface area contributed by atoms with Crippen molar-refractivity contribution in [1.82, 2.24) is 40.5 Å². The molecule has 0 atom stereocenters. The minimum atomic E-state index is 0.232. The van der Waals surface area contributed by atoms with Gasteiger partial charge in [-0.15, -0.1) is 5.10 Å². The Morgan fingerprint density at radius 3 is 2.64 bits per heavy atom. The Balaban J connectivity index is 1.60. The van der Waals surface area contributed by atoms with Crippen molar-refractivity contribution in [3.8, 4) is 11.3 Å². The molecular formula is C16H22N8S. The van der Waals surface area contributed by atoms with E-state index in [1.165, 1.54) is 0 Å². The molecule has 1 aromatic carbocycles. The van der Waals surface area contributed by atoms with Crippen LogP contribution < -0.4 is 5.32 Å². The van der Waals surface area contributed by atoms with Gasteiger partial charge in [-0.05, 0) is 24.3 Å². The van der Waals surface area contributed by atoms with Crippen molar-refractivity contribution in [1.29, 1.82) is 0 Å². The van der Waals surface area contributed by atoms with Gasteiger partial charge in [-0.1, -0.05) is 42.1 Å². The van der Waals surface area contributed by atoms with Gasteiger partial charge in [0.25, 0.3) is 0 Å². The van der Waals surface area contributed by atoms with Crippen LogP contribution in [0.3, 0.4) is 0 Å². The third-order valence-corrected chi connectivity index (χ3v) is 4.60. The molecule has 0 amide bonds. The Labute approximate surface area is 151 Å². The van der Waals surface area contributed by atoms with Crippen LogP contribution in [0.15, 0.2) is 35.5 Å². The highest BCUT2D eigenvalue weighted by atomic mass is 32.2. The van der Waals surface area contributed by atoms with Gasteiger partial charge in [-0.25, -0.2) is 4.68 Å². The summed E-state index contributed by atoms with van der Waals surface area (Å²) >= 11 is 1.62. The number of benzene rings is 1. The quantitative estimate of drug-likeness (QED) is 0.486. The molecule has 0 aliphatic heterocycles. The molecule has 3 aromatic rings. The molecule has 0 bridgehead atoms. The van der Waals surface area contributed by atoms with Crippen LogP contribution in [-0.2, 0) is 13.6 Å².